The summed E-state index contributed by atoms with van der Waals surface area (Å²) in [5, 5.41) is 0.254. The third-order valence-electron chi connectivity index (χ3n) is 2.53. The Balaban J connectivity index is 2.48. The molecule has 0 aliphatic carbocycles. The summed E-state index contributed by atoms with van der Waals surface area (Å²) in [5.74, 6) is -0.656. The van der Waals surface area contributed by atoms with Gasteiger partial charge in [0.1, 0.15) is 11.6 Å². The first kappa shape index (κ1) is 12.6. The minimum absolute atomic E-state index is 0.0242. The van der Waals surface area contributed by atoms with Crippen LogP contribution in [0.1, 0.15) is 15.9 Å². The van der Waals surface area contributed by atoms with Crippen molar-refractivity contribution < 1.29 is 13.9 Å². The maximum absolute atomic E-state index is 13.7. The topological polar surface area (TPSA) is 26.3 Å². The van der Waals surface area contributed by atoms with E-state index in [0.29, 0.717) is 11.3 Å². The van der Waals surface area contributed by atoms with E-state index in [0.717, 1.165) is 6.07 Å². The number of hydrogen-bond acceptors (Lipinski definition) is 2. The van der Waals surface area contributed by atoms with E-state index in [9.17, 15) is 9.18 Å². The molecule has 4 heteroatoms. The number of hydrogen-bond donors (Lipinski definition) is 0. The van der Waals surface area contributed by atoms with Gasteiger partial charge in [-0.3, -0.25) is 4.79 Å². The number of methoxy groups -OCH3 is 1. The van der Waals surface area contributed by atoms with Crippen molar-refractivity contribution in [1.82, 2.24) is 0 Å². The van der Waals surface area contributed by atoms with Gasteiger partial charge in [0.25, 0.3) is 0 Å². The highest BCUT2D eigenvalue weighted by molar-refractivity contribution is 6.30. The maximum Gasteiger partial charge on any atom is 0.199 e. The zero-order chi connectivity index (χ0) is 13.1. The van der Waals surface area contributed by atoms with Crippen LogP contribution >= 0.6 is 11.6 Å². The van der Waals surface area contributed by atoms with E-state index in [1.54, 1.807) is 24.3 Å². The first-order valence-corrected chi connectivity index (χ1v) is 5.64. The Morgan fingerprint density at radius 3 is 2.56 bits per heavy atom. The molecule has 0 bridgehead atoms. The van der Waals surface area contributed by atoms with Gasteiger partial charge < -0.3 is 4.74 Å². The second-order valence-corrected chi connectivity index (χ2v) is 4.09. The SMILES string of the molecule is COc1ccccc1C(=O)c1ccc(Cl)cc1F. The minimum atomic E-state index is -0.640. The van der Waals surface area contributed by atoms with Crippen molar-refractivity contribution in [1.29, 1.82) is 0 Å². The molecule has 0 heterocycles. The number of para-hydroxylation sites is 1. The summed E-state index contributed by atoms with van der Waals surface area (Å²) in [6.45, 7) is 0. The summed E-state index contributed by atoms with van der Waals surface area (Å²) in [6, 6.07) is 10.7. The second kappa shape index (κ2) is 5.19. The molecular weight excluding hydrogens is 255 g/mol. The summed E-state index contributed by atoms with van der Waals surface area (Å²) in [5.41, 5.74) is 0.296. The summed E-state index contributed by atoms with van der Waals surface area (Å²) in [7, 11) is 1.46. The number of ketones is 1. The van der Waals surface area contributed by atoms with Crippen molar-refractivity contribution in [3.8, 4) is 5.75 Å². The van der Waals surface area contributed by atoms with Crippen LogP contribution in [-0.4, -0.2) is 12.9 Å². The van der Waals surface area contributed by atoms with Gasteiger partial charge in [0.05, 0.1) is 18.2 Å². The molecule has 0 spiro atoms. The van der Waals surface area contributed by atoms with E-state index >= 15 is 0 Å². The molecule has 18 heavy (non-hydrogen) atoms. The van der Waals surface area contributed by atoms with E-state index in [1.807, 2.05) is 0 Å². The van der Waals surface area contributed by atoms with Crippen LogP contribution in [0.4, 0.5) is 4.39 Å². The molecule has 0 radical (unpaired) electrons. The van der Waals surface area contributed by atoms with Crippen molar-refractivity contribution in [3.63, 3.8) is 0 Å². The Labute approximate surface area is 109 Å². The lowest BCUT2D eigenvalue weighted by Gasteiger charge is -2.07. The van der Waals surface area contributed by atoms with Gasteiger partial charge in [-0.05, 0) is 30.3 Å². The summed E-state index contributed by atoms with van der Waals surface area (Å²) in [6.07, 6.45) is 0. The molecule has 0 atom stereocenters. The molecule has 0 N–H and O–H groups in total. The van der Waals surface area contributed by atoms with Crippen LogP contribution in [0.2, 0.25) is 5.02 Å². The van der Waals surface area contributed by atoms with Gasteiger partial charge in [0.2, 0.25) is 0 Å². The van der Waals surface area contributed by atoms with Gasteiger partial charge >= 0.3 is 0 Å². The fourth-order valence-corrected chi connectivity index (χ4v) is 1.81. The average Bonchev–Trinajstić information content (AvgIpc) is 2.38. The fraction of sp³-hybridized carbons (Fsp3) is 0.0714. The van der Waals surface area contributed by atoms with E-state index in [2.05, 4.69) is 0 Å². The van der Waals surface area contributed by atoms with Crippen LogP contribution in [-0.2, 0) is 0 Å². The van der Waals surface area contributed by atoms with Gasteiger partial charge in [-0.1, -0.05) is 23.7 Å². The Morgan fingerprint density at radius 2 is 1.89 bits per heavy atom. The zero-order valence-electron chi connectivity index (χ0n) is 9.61. The predicted molar refractivity (Wildman–Crippen MR) is 67.8 cm³/mol. The Hall–Kier alpha value is -1.87. The molecule has 0 aliphatic rings. The molecule has 2 nitrogen and oxygen atoms in total. The average molecular weight is 265 g/mol. The van der Waals surface area contributed by atoms with Crippen LogP contribution < -0.4 is 4.74 Å². The molecule has 0 saturated heterocycles. The number of rotatable bonds is 3. The molecule has 2 rings (SSSR count). The van der Waals surface area contributed by atoms with Crippen LogP contribution in [0.3, 0.4) is 0 Å². The molecule has 0 aromatic heterocycles. The first-order valence-electron chi connectivity index (χ1n) is 5.26. The van der Waals surface area contributed by atoms with Gasteiger partial charge in [-0.2, -0.15) is 0 Å². The van der Waals surface area contributed by atoms with Gasteiger partial charge in [-0.15, -0.1) is 0 Å². The van der Waals surface area contributed by atoms with Crippen LogP contribution in [0.25, 0.3) is 0 Å². The van der Waals surface area contributed by atoms with E-state index in [-0.39, 0.29) is 10.6 Å². The molecule has 2 aromatic rings. The Kier molecular flexibility index (Phi) is 3.63. The second-order valence-electron chi connectivity index (χ2n) is 3.65. The predicted octanol–water partition coefficient (Wildman–Crippen LogP) is 3.72. The molecule has 0 unspecified atom stereocenters. The van der Waals surface area contributed by atoms with Gasteiger partial charge in [0, 0.05) is 5.02 Å². The van der Waals surface area contributed by atoms with Gasteiger partial charge in [-0.25, -0.2) is 4.39 Å². The smallest absolute Gasteiger partial charge is 0.199 e. The van der Waals surface area contributed by atoms with Crippen LogP contribution in [0, 0.1) is 5.82 Å². The quantitative estimate of drug-likeness (QED) is 0.790. The molecular formula is C14H10ClFO2. The summed E-state index contributed by atoms with van der Waals surface area (Å²) in [4.78, 5) is 12.2. The monoisotopic (exact) mass is 264 g/mol. The number of ether oxygens (including phenoxy) is 1. The van der Waals surface area contributed by atoms with Crippen molar-refractivity contribution in [2.75, 3.05) is 7.11 Å². The Morgan fingerprint density at radius 1 is 1.17 bits per heavy atom. The Bertz CT molecular complexity index is 596. The lowest BCUT2D eigenvalue weighted by atomic mass is 10.0. The normalized spacial score (nSPS) is 10.2. The van der Waals surface area contributed by atoms with E-state index < -0.39 is 11.6 Å². The highest BCUT2D eigenvalue weighted by atomic mass is 35.5. The number of carbonyl (C=O) groups excluding carboxylic acids is 1. The van der Waals surface area contributed by atoms with Crippen molar-refractivity contribution >= 4 is 17.4 Å². The van der Waals surface area contributed by atoms with Crippen LogP contribution in [0.5, 0.6) is 5.75 Å². The lowest BCUT2D eigenvalue weighted by molar-refractivity contribution is 0.103. The highest BCUT2D eigenvalue weighted by Crippen LogP contribution is 2.23. The van der Waals surface area contributed by atoms with Crippen LogP contribution in [0.15, 0.2) is 42.5 Å². The molecule has 2 aromatic carbocycles. The van der Waals surface area contributed by atoms with Crippen molar-refractivity contribution in [3.05, 3.63) is 64.4 Å². The standard InChI is InChI=1S/C14H10ClFO2/c1-18-13-5-3-2-4-11(13)14(17)10-7-6-9(15)8-12(10)16/h2-8H,1H3. The minimum Gasteiger partial charge on any atom is -0.496 e. The molecule has 0 saturated carbocycles. The molecule has 0 aliphatic heterocycles. The summed E-state index contributed by atoms with van der Waals surface area (Å²) >= 11 is 5.65. The largest absolute Gasteiger partial charge is 0.496 e. The van der Waals surface area contributed by atoms with E-state index in [4.69, 9.17) is 16.3 Å². The maximum atomic E-state index is 13.7. The third-order valence-corrected chi connectivity index (χ3v) is 2.76. The molecule has 0 fully saturated rings. The third kappa shape index (κ3) is 2.36. The van der Waals surface area contributed by atoms with Crippen molar-refractivity contribution in [2.24, 2.45) is 0 Å². The number of halogens is 2. The zero-order valence-corrected chi connectivity index (χ0v) is 10.4. The number of benzene rings is 2. The fourth-order valence-electron chi connectivity index (χ4n) is 1.65. The lowest BCUT2D eigenvalue weighted by Crippen LogP contribution is -2.06. The highest BCUT2D eigenvalue weighted by Gasteiger charge is 2.17. The molecule has 0 amide bonds. The van der Waals surface area contributed by atoms with E-state index in [1.165, 1.54) is 19.2 Å². The summed E-state index contributed by atoms with van der Waals surface area (Å²) < 4.78 is 18.8. The van der Waals surface area contributed by atoms with Crippen molar-refractivity contribution in [2.45, 2.75) is 0 Å². The first-order chi connectivity index (χ1) is 8.63. The molecule has 92 valence electrons. The number of carbonyl (C=O) groups is 1. The van der Waals surface area contributed by atoms with Gasteiger partial charge in [0.15, 0.2) is 5.78 Å².